The van der Waals surface area contributed by atoms with Crippen LogP contribution in [0.1, 0.15) is 0 Å². The van der Waals surface area contributed by atoms with Crippen LogP contribution in [0.5, 0.6) is 0 Å². The van der Waals surface area contributed by atoms with Crippen LogP contribution in [0, 0.1) is 0 Å². The molecule has 0 aliphatic heterocycles. The summed E-state index contributed by atoms with van der Waals surface area (Å²) in [5, 5.41) is 0. The van der Waals surface area contributed by atoms with Gasteiger partial charge in [-0.1, -0.05) is 0 Å². The second-order valence-electron chi connectivity index (χ2n) is 1.05. The SMILES string of the molecule is O=S(=O)(O)O.O[Si](O)(O)O.[BaH2]. The summed E-state index contributed by atoms with van der Waals surface area (Å²) >= 11 is 0. The van der Waals surface area contributed by atoms with Crippen molar-refractivity contribution in [3.05, 3.63) is 0 Å². The van der Waals surface area contributed by atoms with Crippen LogP contribution in [0.4, 0.5) is 0 Å². The van der Waals surface area contributed by atoms with Crippen molar-refractivity contribution in [1.29, 1.82) is 0 Å². The van der Waals surface area contributed by atoms with Crippen molar-refractivity contribution >= 4 is 68.3 Å². The van der Waals surface area contributed by atoms with Gasteiger partial charge < -0.3 is 19.2 Å². The van der Waals surface area contributed by atoms with E-state index in [4.69, 9.17) is 36.7 Å². The Balaban J connectivity index is -0.000000107. The van der Waals surface area contributed by atoms with Crippen LogP contribution in [0.25, 0.3) is 0 Å². The van der Waals surface area contributed by atoms with Crippen molar-refractivity contribution in [2.24, 2.45) is 0 Å². The predicted molar refractivity (Wildman–Crippen MR) is 37.4 cm³/mol. The van der Waals surface area contributed by atoms with E-state index in [1.165, 1.54) is 0 Å². The fraction of sp³-hybridized carbons (Fsp3) is 0. The molecule has 0 bridgehead atoms. The average molecular weight is 334 g/mol. The van der Waals surface area contributed by atoms with Crippen LogP contribution in [-0.4, -0.2) is 94.6 Å². The van der Waals surface area contributed by atoms with E-state index in [1.807, 2.05) is 0 Å². The maximum atomic E-state index is 8.74. The molecule has 0 saturated carbocycles. The Bertz CT molecular complexity index is 149. The number of hydrogen-bond acceptors (Lipinski definition) is 6. The molecule has 0 spiro atoms. The quantitative estimate of drug-likeness (QED) is 0.193. The second kappa shape index (κ2) is 6.96. The van der Waals surface area contributed by atoms with Gasteiger partial charge in [-0.05, 0) is 0 Å². The molecule has 11 heavy (non-hydrogen) atoms. The number of rotatable bonds is 0. The van der Waals surface area contributed by atoms with Crippen molar-refractivity contribution < 1.29 is 36.7 Å². The Morgan fingerprint density at radius 3 is 0.909 bits per heavy atom. The molecule has 6 N–H and O–H groups in total. The summed E-state index contributed by atoms with van der Waals surface area (Å²) in [6.07, 6.45) is 0. The fourth-order valence-corrected chi connectivity index (χ4v) is 0. The summed E-state index contributed by atoms with van der Waals surface area (Å²) in [7, 11) is -9.28. The van der Waals surface area contributed by atoms with E-state index in [2.05, 4.69) is 0 Å². The third-order valence-electron chi connectivity index (χ3n) is 0. The summed E-state index contributed by atoms with van der Waals surface area (Å²) in [5.74, 6) is 0. The van der Waals surface area contributed by atoms with Crippen molar-refractivity contribution in [2.75, 3.05) is 0 Å². The molecule has 0 aliphatic carbocycles. The Hall–Kier alpha value is 1.50. The summed E-state index contributed by atoms with van der Waals surface area (Å²) in [6, 6.07) is 0. The minimum atomic E-state index is -4.67. The molecule has 0 saturated heterocycles. The third-order valence-corrected chi connectivity index (χ3v) is 0. The van der Waals surface area contributed by atoms with E-state index >= 15 is 0 Å². The zero-order chi connectivity index (χ0) is 9.00. The van der Waals surface area contributed by atoms with Crippen LogP contribution in [0.15, 0.2) is 0 Å². The van der Waals surface area contributed by atoms with E-state index in [0.29, 0.717) is 0 Å². The first kappa shape index (κ1) is 18.3. The van der Waals surface area contributed by atoms with Gasteiger partial charge in [-0.2, -0.15) is 8.42 Å². The molecule has 0 amide bonds. The first-order valence-electron chi connectivity index (χ1n) is 1.59. The first-order valence-corrected chi connectivity index (χ1v) is 4.78. The van der Waals surface area contributed by atoms with Gasteiger partial charge >= 0.3 is 68.3 Å². The zero-order valence-corrected chi connectivity index (χ0v) is 6.22. The van der Waals surface area contributed by atoms with E-state index in [0.717, 1.165) is 0 Å². The standard InChI is InChI=1S/Ba.H2O4S.H4O4Si.2H/c;2*1-5(2,3)4;;/h;(H2,1,2,3,4);1-4H;;. The molecular weight excluding hydrogens is 325 g/mol. The molecule has 0 atom stereocenters. The molecule has 0 aliphatic rings. The molecule has 0 heterocycles. The fourth-order valence-electron chi connectivity index (χ4n) is 0. The van der Waals surface area contributed by atoms with Gasteiger partial charge in [0.2, 0.25) is 0 Å². The van der Waals surface area contributed by atoms with Crippen LogP contribution in [-0.2, 0) is 10.4 Å². The maximum absolute atomic E-state index is 8.74. The second-order valence-corrected chi connectivity index (χ2v) is 3.14. The minimum absolute atomic E-state index is 0. The zero-order valence-electron chi connectivity index (χ0n) is 4.41. The van der Waals surface area contributed by atoms with Gasteiger partial charge in [-0.3, -0.25) is 9.11 Å². The van der Waals surface area contributed by atoms with E-state index in [9.17, 15) is 0 Å². The van der Waals surface area contributed by atoms with Gasteiger partial charge in [0.15, 0.2) is 0 Å². The van der Waals surface area contributed by atoms with Crippen molar-refractivity contribution in [2.45, 2.75) is 0 Å². The molecule has 0 radical (unpaired) electrons. The summed E-state index contributed by atoms with van der Waals surface area (Å²) in [4.78, 5) is 29.3. The molecule has 0 rings (SSSR count). The Morgan fingerprint density at radius 2 is 0.909 bits per heavy atom. The van der Waals surface area contributed by atoms with E-state index in [1.54, 1.807) is 0 Å². The molecule has 8 nitrogen and oxygen atoms in total. The predicted octanol–water partition coefficient (Wildman–Crippen LogP) is -4.18. The molecule has 0 aromatic carbocycles. The summed E-state index contributed by atoms with van der Waals surface area (Å²) in [5.41, 5.74) is 0. The molecule has 0 fully saturated rings. The normalized spacial score (nSPS) is 10.7. The first-order chi connectivity index (χ1) is 4.00. The summed E-state index contributed by atoms with van der Waals surface area (Å²) < 4.78 is 31.6. The van der Waals surface area contributed by atoms with Gasteiger partial charge in [0.25, 0.3) is 0 Å². The Kier molecular flexibility index (Phi) is 11.6. The van der Waals surface area contributed by atoms with E-state index in [-0.39, 0.29) is 48.9 Å². The average Bonchev–Trinajstić information content (AvgIpc) is 1.12. The summed E-state index contributed by atoms with van der Waals surface area (Å²) in [6.45, 7) is 0. The van der Waals surface area contributed by atoms with Crippen molar-refractivity contribution in [3.63, 3.8) is 0 Å². The number of hydrogen-bond donors (Lipinski definition) is 6. The third kappa shape index (κ3) is 462. The van der Waals surface area contributed by atoms with Gasteiger partial charge in [-0.15, -0.1) is 0 Å². The molecule has 0 unspecified atom stereocenters. The van der Waals surface area contributed by atoms with Gasteiger partial charge in [0.1, 0.15) is 0 Å². The monoisotopic (exact) mass is 334 g/mol. The van der Waals surface area contributed by atoms with Gasteiger partial charge in [0.05, 0.1) is 0 Å². The topological polar surface area (TPSA) is 156 Å². The Morgan fingerprint density at radius 1 is 0.909 bits per heavy atom. The van der Waals surface area contributed by atoms with Crippen LogP contribution < -0.4 is 0 Å². The molecule has 0 aromatic rings. The molecule has 68 valence electrons. The van der Waals surface area contributed by atoms with Crippen LogP contribution in [0.2, 0.25) is 0 Å². The van der Waals surface area contributed by atoms with Gasteiger partial charge in [0, 0.05) is 0 Å². The molecular formula is H8BaO8SSi. The Labute approximate surface area is 104 Å². The van der Waals surface area contributed by atoms with E-state index < -0.39 is 19.4 Å². The van der Waals surface area contributed by atoms with Gasteiger partial charge in [-0.25, -0.2) is 0 Å². The van der Waals surface area contributed by atoms with Crippen LogP contribution in [0.3, 0.4) is 0 Å². The van der Waals surface area contributed by atoms with Crippen LogP contribution >= 0.6 is 0 Å². The van der Waals surface area contributed by atoms with Crippen molar-refractivity contribution in [1.82, 2.24) is 0 Å². The van der Waals surface area contributed by atoms with Crippen molar-refractivity contribution in [3.8, 4) is 0 Å². The molecule has 0 aromatic heterocycles. The molecule has 11 heteroatoms.